The fourth-order valence-corrected chi connectivity index (χ4v) is 5.41. The number of sulfonamides is 1. The van der Waals surface area contributed by atoms with Crippen LogP contribution in [0.4, 0.5) is 5.69 Å². The van der Waals surface area contributed by atoms with Crippen LogP contribution >= 0.6 is 0 Å². The molecule has 0 bridgehead atoms. The van der Waals surface area contributed by atoms with E-state index in [0.29, 0.717) is 12.3 Å². The molecule has 0 atom stereocenters. The van der Waals surface area contributed by atoms with Gasteiger partial charge in [-0.25, -0.2) is 8.42 Å². The summed E-state index contributed by atoms with van der Waals surface area (Å²) in [5.41, 5.74) is 8.69. The van der Waals surface area contributed by atoms with Crippen LogP contribution < -0.4 is 14.2 Å². The van der Waals surface area contributed by atoms with E-state index in [9.17, 15) is 8.42 Å². The second kappa shape index (κ2) is 11.2. The van der Waals surface area contributed by atoms with Crippen LogP contribution in [0, 0.1) is 0 Å². The smallest absolute Gasteiger partial charge is 0.229 e. The van der Waals surface area contributed by atoms with Crippen molar-refractivity contribution >= 4 is 27.4 Å². The molecule has 4 aromatic rings. The second-order valence-corrected chi connectivity index (χ2v) is 11.2. The summed E-state index contributed by atoms with van der Waals surface area (Å²) in [7, 11) is -1.68. The van der Waals surface area contributed by atoms with E-state index in [1.807, 2.05) is 36.4 Å². The number of benzene rings is 4. The first kappa shape index (κ1) is 25.6. The van der Waals surface area contributed by atoms with E-state index < -0.39 is 10.0 Å². The predicted octanol–water partition coefficient (Wildman–Crippen LogP) is 6.38. The summed E-state index contributed by atoms with van der Waals surface area (Å²) >= 11 is 0. The van der Waals surface area contributed by atoms with Gasteiger partial charge in [0.2, 0.25) is 10.0 Å². The van der Waals surface area contributed by atoms with Crippen molar-refractivity contribution in [3.8, 4) is 11.5 Å². The third-order valence-corrected chi connectivity index (χ3v) is 7.26. The number of methoxy groups -OCH3 is 1. The lowest BCUT2D eigenvalue weighted by molar-refractivity contribution is 0.321. The van der Waals surface area contributed by atoms with E-state index in [2.05, 4.69) is 59.3 Å². The van der Waals surface area contributed by atoms with Crippen molar-refractivity contribution in [1.82, 2.24) is 0 Å². The first-order valence-corrected chi connectivity index (χ1v) is 14.5. The van der Waals surface area contributed by atoms with Gasteiger partial charge in [-0.2, -0.15) is 0 Å². The van der Waals surface area contributed by atoms with Gasteiger partial charge in [-0.1, -0.05) is 54.6 Å². The maximum absolute atomic E-state index is 11.7. The van der Waals surface area contributed by atoms with Crippen LogP contribution in [-0.4, -0.2) is 28.4 Å². The molecule has 4 aromatic carbocycles. The second-order valence-electron chi connectivity index (χ2n) is 9.48. The highest BCUT2D eigenvalue weighted by Gasteiger charge is 2.19. The zero-order valence-electron chi connectivity index (χ0n) is 21.6. The van der Waals surface area contributed by atoms with Crippen molar-refractivity contribution in [2.45, 2.75) is 19.3 Å². The summed E-state index contributed by atoms with van der Waals surface area (Å²) < 4.78 is 37.5. The maximum atomic E-state index is 11.7. The predicted molar refractivity (Wildman–Crippen MR) is 154 cm³/mol. The minimum absolute atomic E-state index is 0.546. The van der Waals surface area contributed by atoms with Crippen LogP contribution in [0.5, 0.6) is 11.5 Å². The van der Waals surface area contributed by atoms with Gasteiger partial charge in [0.15, 0.2) is 0 Å². The minimum atomic E-state index is -3.35. The number of nitrogens with one attached hydrogen (secondary N) is 1. The van der Waals surface area contributed by atoms with Gasteiger partial charge in [0, 0.05) is 12.1 Å². The topological polar surface area (TPSA) is 64.6 Å². The molecule has 0 spiro atoms. The van der Waals surface area contributed by atoms with Crippen LogP contribution in [0.1, 0.15) is 33.4 Å². The number of fused-ring (bicyclic) bond motifs is 2. The number of rotatable bonds is 8. The molecule has 194 valence electrons. The van der Waals surface area contributed by atoms with Gasteiger partial charge < -0.3 is 9.47 Å². The Morgan fingerprint density at radius 3 is 2.34 bits per heavy atom. The van der Waals surface area contributed by atoms with Crippen LogP contribution in [0.25, 0.3) is 11.6 Å². The third kappa shape index (κ3) is 6.26. The van der Waals surface area contributed by atoms with E-state index in [4.69, 9.17) is 9.47 Å². The van der Waals surface area contributed by atoms with Crippen LogP contribution in [-0.2, 0) is 29.3 Å². The number of aryl methyl sites for hydroxylation is 2. The highest BCUT2D eigenvalue weighted by Crippen LogP contribution is 2.36. The normalized spacial score (nSPS) is 13.8. The Kier molecular flexibility index (Phi) is 7.52. The quantitative estimate of drug-likeness (QED) is 0.290. The van der Waals surface area contributed by atoms with E-state index in [1.54, 1.807) is 13.2 Å². The van der Waals surface area contributed by atoms with Crippen molar-refractivity contribution in [2.75, 3.05) is 24.7 Å². The molecule has 0 radical (unpaired) electrons. The fraction of sp³-hybridized carbons (Fsp3) is 0.188. The molecule has 5 nitrogen and oxygen atoms in total. The molecule has 0 fully saturated rings. The van der Waals surface area contributed by atoms with E-state index >= 15 is 0 Å². The van der Waals surface area contributed by atoms with Crippen molar-refractivity contribution in [1.29, 1.82) is 0 Å². The summed E-state index contributed by atoms with van der Waals surface area (Å²) in [6.07, 6.45) is 5.96. The Hall–Kier alpha value is -4.03. The van der Waals surface area contributed by atoms with Crippen molar-refractivity contribution < 1.29 is 17.9 Å². The van der Waals surface area contributed by atoms with Gasteiger partial charge in [0.1, 0.15) is 11.5 Å². The van der Waals surface area contributed by atoms with Gasteiger partial charge in [-0.05, 0) is 94.3 Å². The molecule has 6 heteroatoms. The molecule has 0 saturated heterocycles. The third-order valence-electron chi connectivity index (χ3n) is 6.66. The summed E-state index contributed by atoms with van der Waals surface area (Å²) in [4.78, 5) is 0. The summed E-state index contributed by atoms with van der Waals surface area (Å²) in [5.74, 6) is 1.71. The molecule has 0 unspecified atom stereocenters. The van der Waals surface area contributed by atoms with Gasteiger partial charge >= 0.3 is 0 Å². The number of hydrogen-bond acceptors (Lipinski definition) is 4. The first-order valence-electron chi connectivity index (χ1n) is 12.6. The van der Waals surface area contributed by atoms with Crippen molar-refractivity contribution in [3.63, 3.8) is 0 Å². The van der Waals surface area contributed by atoms with Gasteiger partial charge in [-0.3, -0.25) is 4.72 Å². The highest BCUT2D eigenvalue weighted by atomic mass is 32.2. The lowest BCUT2D eigenvalue weighted by atomic mass is 9.92. The molecule has 0 saturated carbocycles. The SMILES string of the molecule is COc1ccc(CCOc2ccc3c(c2)CCc2ccccc2C3=Cc2cccc(NS(C)(=O)=O)c2)cc1. The average Bonchev–Trinajstić information content (AvgIpc) is 3.05. The lowest BCUT2D eigenvalue weighted by Crippen LogP contribution is -2.09. The minimum Gasteiger partial charge on any atom is -0.497 e. The van der Waals surface area contributed by atoms with Crippen LogP contribution in [0.3, 0.4) is 0 Å². The van der Waals surface area contributed by atoms with E-state index in [1.165, 1.54) is 27.8 Å². The Bertz CT molecular complexity index is 1570. The standard InChI is InChI=1S/C32H31NO4S/c1-36-28-14-10-23(11-15-28)18-19-37-29-16-17-31-26(22-29)13-12-25-7-3-4-9-30(25)32(31)21-24-6-5-8-27(20-24)33-38(2,34)35/h3-11,14-17,20-22,33H,12-13,18-19H2,1-2H3. The molecule has 1 aliphatic carbocycles. The Balaban J connectivity index is 1.43. The molecule has 1 N–H and O–H groups in total. The van der Waals surface area contributed by atoms with E-state index in [-0.39, 0.29) is 0 Å². The van der Waals surface area contributed by atoms with Crippen LogP contribution in [0.15, 0.2) is 91.0 Å². The zero-order valence-corrected chi connectivity index (χ0v) is 22.4. The fourth-order valence-electron chi connectivity index (χ4n) is 4.85. The van der Waals surface area contributed by atoms with Gasteiger partial charge in [0.05, 0.1) is 20.0 Å². The number of anilines is 1. The average molecular weight is 526 g/mol. The molecule has 1 aliphatic rings. The monoisotopic (exact) mass is 525 g/mol. The lowest BCUT2D eigenvalue weighted by Gasteiger charge is -2.14. The molecule has 0 heterocycles. The number of ether oxygens (including phenoxy) is 2. The van der Waals surface area contributed by atoms with Crippen molar-refractivity contribution in [3.05, 3.63) is 124 Å². The van der Waals surface area contributed by atoms with E-state index in [0.717, 1.165) is 48.2 Å². The highest BCUT2D eigenvalue weighted by molar-refractivity contribution is 7.92. The van der Waals surface area contributed by atoms with Gasteiger partial charge in [-0.15, -0.1) is 0 Å². The zero-order chi connectivity index (χ0) is 26.5. The van der Waals surface area contributed by atoms with Gasteiger partial charge in [0.25, 0.3) is 0 Å². The summed E-state index contributed by atoms with van der Waals surface area (Å²) in [5, 5.41) is 0. The Morgan fingerprint density at radius 2 is 1.55 bits per heavy atom. The van der Waals surface area contributed by atoms with Crippen molar-refractivity contribution in [2.24, 2.45) is 0 Å². The molecule has 0 aromatic heterocycles. The maximum Gasteiger partial charge on any atom is 0.229 e. The molecular formula is C32H31NO4S. The summed E-state index contributed by atoms with van der Waals surface area (Å²) in [6.45, 7) is 0.591. The largest absolute Gasteiger partial charge is 0.497 e. The molecule has 38 heavy (non-hydrogen) atoms. The summed E-state index contributed by atoms with van der Waals surface area (Å²) in [6, 6.07) is 30.4. The molecule has 5 rings (SSSR count). The first-order chi connectivity index (χ1) is 18.4. The number of hydrogen-bond donors (Lipinski definition) is 1. The van der Waals surface area contributed by atoms with Crippen LogP contribution in [0.2, 0.25) is 0 Å². The Labute approximate surface area is 224 Å². The Morgan fingerprint density at radius 1 is 0.816 bits per heavy atom. The molecular weight excluding hydrogens is 494 g/mol. The molecule has 0 aliphatic heterocycles. The molecule has 0 amide bonds.